The predicted octanol–water partition coefficient (Wildman–Crippen LogP) is 0.851. The zero-order chi connectivity index (χ0) is 15.4. The molecule has 5 N–H and O–H groups in total. The highest BCUT2D eigenvalue weighted by atomic mass is 28.4. The first-order valence-corrected chi connectivity index (χ1v) is 8.97. The molecule has 19 heavy (non-hydrogen) atoms. The van der Waals surface area contributed by atoms with Gasteiger partial charge in [-0.3, -0.25) is 10.2 Å². The van der Waals surface area contributed by atoms with E-state index in [-0.39, 0.29) is 5.04 Å². The number of rotatable bonds is 5. The highest BCUT2D eigenvalue weighted by Gasteiger charge is 2.41. The minimum absolute atomic E-state index is 0.0300. The van der Waals surface area contributed by atoms with Crippen LogP contribution in [0.2, 0.25) is 18.1 Å². The van der Waals surface area contributed by atoms with Crippen LogP contribution >= 0.6 is 0 Å². The Hall–Kier alpha value is -1.12. The van der Waals surface area contributed by atoms with Gasteiger partial charge in [-0.2, -0.15) is 0 Å². The van der Waals surface area contributed by atoms with Crippen molar-refractivity contribution in [2.45, 2.75) is 58.0 Å². The predicted molar refractivity (Wildman–Crippen MR) is 74.5 cm³/mol. The van der Waals surface area contributed by atoms with Crippen LogP contribution in [0.15, 0.2) is 0 Å². The lowest BCUT2D eigenvalue weighted by molar-refractivity contribution is -0.134. The van der Waals surface area contributed by atoms with Crippen LogP contribution in [0.5, 0.6) is 0 Å². The monoisotopic (exact) mass is 291 g/mol. The largest absolute Gasteiger partial charge is 0.433 e. The van der Waals surface area contributed by atoms with Gasteiger partial charge >= 0.3 is 6.09 Å². The minimum atomic E-state index is -2.09. The third-order valence-electron chi connectivity index (χ3n) is 3.36. The maximum atomic E-state index is 11.6. The normalized spacial score (nSPS) is 15.5. The minimum Gasteiger partial charge on any atom is -0.433 e. The molecule has 0 spiro atoms. The third kappa shape index (κ3) is 5.17. The van der Waals surface area contributed by atoms with E-state index >= 15 is 0 Å². The molecular weight excluding hydrogens is 266 g/mol. The van der Waals surface area contributed by atoms with Crippen molar-refractivity contribution >= 4 is 20.3 Å². The van der Waals surface area contributed by atoms with Crippen LogP contribution in [0.1, 0.15) is 27.7 Å². The summed E-state index contributed by atoms with van der Waals surface area (Å²) in [4.78, 5) is 22.4. The first kappa shape index (κ1) is 17.9. The Morgan fingerprint density at radius 3 is 2.05 bits per heavy atom. The summed E-state index contributed by atoms with van der Waals surface area (Å²) in [6.45, 7) is 11.9. The lowest BCUT2D eigenvalue weighted by Crippen LogP contribution is -2.52. The molecule has 0 bridgehead atoms. The molecule has 112 valence electrons. The number of ether oxygens (including phenoxy) is 1. The molecule has 0 rings (SSSR count). The fourth-order valence-corrected chi connectivity index (χ4v) is 2.68. The zero-order valence-electron chi connectivity index (χ0n) is 12.4. The number of nitrogens with two attached hydrogens (primary N) is 2. The van der Waals surface area contributed by atoms with Gasteiger partial charge in [-0.15, -0.1) is 0 Å². The summed E-state index contributed by atoms with van der Waals surface area (Å²) in [6.07, 6.45) is -2.83. The summed E-state index contributed by atoms with van der Waals surface area (Å²) in [5, 5.41) is -0.0300. The summed E-state index contributed by atoms with van der Waals surface area (Å²) in [5.74, 6) is 4.41. The molecule has 2 amide bonds. The van der Waals surface area contributed by atoms with E-state index in [0.29, 0.717) is 0 Å². The Balaban J connectivity index is 4.97. The molecule has 7 nitrogen and oxygen atoms in total. The smallest absolute Gasteiger partial charge is 0.405 e. The average Bonchev–Trinajstić information content (AvgIpc) is 2.22. The molecule has 2 unspecified atom stereocenters. The second kappa shape index (κ2) is 6.35. The lowest BCUT2D eigenvalue weighted by atomic mass is 10.2. The van der Waals surface area contributed by atoms with E-state index in [1.54, 1.807) is 6.92 Å². The van der Waals surface area contributed by atoms with Gasteiger partial charge in [0.2, 0.25) is 6.10 Å². The number of carbonyl (C=O) groups excluding carboxylic acids is 2. The van der Waals surface area contributed by atoms with Crippen LogP contribution in [0.3, 0.4) is 0 Å². The van der Waals surface area contributed by atoms with Gasteiger partial charge in [-0.25, -0.2) is 10.6 Å². The maximum Gasteiger partial charge on any atom is 0.405 e. The van der Waals surface area contributed by atoms with Crippen LogP contribution in [0.4, 0.5) is 4.79 Å². The van der Waals surface area contributed by atoms with Gasteiger partial charge < -0.3 is 14.9 Å². The molecule has 0 aromatic heterocycles. The first-order valence-electron chi connectivity index (χ1n) is 6.06. The molecule has 0 aromatic carbocycles. The van der Waals surface area contributed by atoms with Crippen molar-refractivity contribution < 1.29 is 18.8 Å². The van der Waals surface area contributed by atoms with E-state index in [4.69, 9.17) is 20.7 Å². The van der Waals surface area contributed by atoms with Crippen molar-refractivity contribution in [3.05, 3.63) is 0 Å². The standard InChI is InChI=1S/C11H25N3O4Si/c1-7(18-19(5,6)11(2,3)4)8(9(15)14-13)17-10(12)16/h7-8H,13H2,1-6H3,(H2,12,16)(H,14,15). The van der Waals surface area contributed by atoms with Crippen molar-refractivity contribution in [3.63, 3.8) is 0 Å². The van der Waals surface area contributed by atoms with E-state index in [2.05, 4.69) is 20.8 Å². The van der Waals surface area contributed by atoms with E-state index in [9.17, 15) is 9.59 Å². The summed E-state index contributed by atoms with van der Waals surface area (Å²) < 4.78 is 10.7. The van der Waals surface area contributed by atoms with Gasteiger partial charge in [0.15, 0.2) is 8.32 Å². The number of amides is 2. The summed E-state index contributed by atoms with van der Waals surface area (Å²) in [5.41, 5.74) is 6.89. The molecule has 0 radical (unpaired) electrons. The SMILES string of the molecule is CC(O[Si](C)(C)C(C)(C)C)C(OC(N)=O)C(=O)NN. The zero-order valence-corrected chi connectivity index (χ0v) is 13.4. The van der Waals surface area contributed by atoms with Gasteiger partial charge in [0.1, 0.15) is 0 Å². The van der Waals surface area contributed by atoms with Crippen LogP contribution in [-0.2, 0) is 14.0 Å². The Morgan fingerprint density at radius 2 is 1.74 bits per heavy atom. The third-order valence-corrected chi connectivity index (χ3v) is 7.93. The molecule has 0 saturated carbocycles. The molecule has 8 heteroatoms. The summed E-state index contributed by atoms with van der Waals surface area (Å²) in [6, 6.07) is 0. The number of hydrogen-bond acceptors (Lipinski definition) is 5. The van der Waals surface area contributed by atoms with Crippen molar-refractivity contribution in [2.24, 2.45) is 11.6 Å². The number of hydrazine groups is 1. The van der Waals surface area contributed by atoms with Crippen LogP contribution in [0.25, 0.3) is 0 Å². The Bertz CT molecular complexity index is 341. The van der Waals surface area contributed by atoms with Crippen molar-refractivity contribution in [1.29, 1.82) is 0 Å². The number of hydrogen-bond donors (Lipinski definition) is 3. The topological polar surface area (TPSA) is 117 Å². The van der Waals surface area contributed by atoms with Gasteiger partial charge in [0, 0.05) is 0 Å². The molecule has 0 fully saturated rings. The van der Waals surface area contributed by atoms with Crippen molar-refractivity contribution in [3.8, 4) is 0 Å². The fourth-order valence-electron chi connectivity index (χ4n) is 1.27. The molecular formula is C11H25N3O4Si. The van der Waals surface area contributed by atoms with E-state index < -0.39 is 32.5 Å². The molecule has 0 aliphatic heterocycles. The van der Waals surface area contributed by atoms with Crippen molar-refractivity contribution in [1.82, 2.24) is 5.43 Å². The molecule has 0 heterocycles. The molecule has 0 aliphatic rings. The molecule has 0 aromatic rings. The molecule has 0 saturated heterocycles. The number of nitrogens with one attached hydrogen (secondary N) is 1. The Labute approximate surface area is 115 Å². The van der Waals surface area contributed by atoms with Crippen LogP contribution in [0, 0.1) is 0 Å². The van der Waals surface area contributed by atoms with E-state index in [1.807, 2.05) is 18.5 Å². The van der Waals surface area contributed by atoms with Crippen molar-refractivity contribution in [2.75, 3.05) is 0 Å². The fraction of sp³-hybridized carbons (Fsp3) is 0.818. The van der Waals surface area contributed by atoms with Gasteiger partial charge in [0.05, 0.1) is 6.10 Å². The molecule has 2 atom stereocenters. The number of carbonyl (C=O) groups is 2. The summed E-state index contributed by atoms with van der Waals surface area (Å²) in [7, 11) is -2.09. The average molecular weight is 291 g/mol. The van der Waals surface area contributed by atoms with Crippen LogP contribution < -0.4 is 17.0 Å². The second-order valence-corrected chi connectivity index (χ2v) is 10.7. The lowest BCUT2D eigenvalue weighted by Gasteiger charge is -2.39. The Kier molecular flexibility index (Phi) is 5.98. The number of primary amides is 1. The molecule has 0 aliphatic carbocycles. The van der Waals surface area contributed by atoms with E-state index in [1.165, 1.54) is 0 Å². The highest BCUT2D eigenvalue weighted by molar-refractivity contribution is 6.74. The maximum absolute atomic E-state index is 11.6. The van der Waals surface area contributed by atoms with Gasteiger partial charge in [0.25, 0.3) is 5.91 Å². The van der Waals surface area contributed by atoms with Crippen LogP contribution in [-0.4, -0.2) is 32.5 Å². The van der Waals surface area contributed by atoms with E-state index in [0.717, 1.165) is 0 Å². The Morgan fingerprint density at radius 1 is 1.26 bits per heavy atom. The second-order valence-electron chi connectivity index (χ2n) is 5.95. The highest BCUT2D eigenvalue weighted by Crippen LogP contribution is 2.37. The summed E-state index contributed by atoms with van der Waals surface area (Å²) >= 11 is 0. The first-order chi connectivity index (χ1) is 8.42. The van der Waals surface area contributed by atoms with Gasteiger partial charge in [-0.1, -0.05) is 20.8 Å². The quantitative estimate of drug-likeness (QED) is 0.300. The van der Waals surface area contributed by atoms with Gasteiger partial charge in [-0.05, 0) is 25.1 Å².